The van der Waals surface area contributed by atoms with E-state index in [2.05, 4.69) is 21.2 Å². The van der Waals surface area contributed by atoms with Crippen molar-refractivity contribution in [2.75, 3.05) is 20.8 Å². The number of quaternary nitrogens is 1. The molecule has 22 heavy (non-hydrogen) atoms. The van der Waals surface area contributed by atoms with Gasteiger partial charge in [0.25, 0.3) is 0 Å². The first-order valence-corrected chi connectivity index (χ1v) is 7.90. The Labute approximate surface area is 138 Å². The van der Waals surface area contributed by atoms with Gasteiger partial charge in [-0.1, -0.05) is 28.1 Å². The highest BCUT2D eigenvalue weighted by atomic mass is 79.9. The van der Waals surface area contributed by atoms with Gasteiger partial charge in [0.1, 0.15) is 12.4 Å². The number of halogens is 2. The second-order valence-corrected chi connectivity index (χ2v) is 5.81. The first-order chi connectivity index (χ1) is 10.6. The molecular weight excluding hydrogens is 349 g/mol. The van der Waals surface area contributed by atoms with Crippen LogP contribution in [0.4, 0.5) is 4.39 Å². The highest BCUT2D eigenvalue weighted by Crippen LogP contribution is 2.32. The third kappa shape index (κ3) is 4.45. The summed E-state index contributed by atoms with van der Waals surface area (Å²) < 4.78 is 24.4. The fraction of sp³-hybridized carbons (Fsp3) is 0.294. The van der Waals surface area contributed by atoms with E-state index >= 15 is 0 Å². The minimum absolute atomic E-state index is 0.193. The Hall–Kier alpha value is -1.59. The molecule has 0 aromatic heterocycles. The van der Waals surface area contributed by atoms with E-state index in [4.69, 9.17) is 9.47 Å². The summed E-state index contributed by atoms with van der Waals surface area (Å²) in [7, 11) is 3.26. The van der Waals surface area contributed by atoms with Gasteiger partial charge in [-0.25, -0.2) is 4.39 Å². The summed E-state index contributed by atoms with van der Waals surface area (Å²) in [5, 5.41) is 2.22. The monoisotopic (exact) mass is 368 g/mol. The van der Waals surface area contributed by atoms with Crippen LogP contribution in [0, 0.1) is 5.82 Å². The third-order valence-electron chi connectivity index (χ3n) is 3.47. The zero-order chi connectivity index (χ0) is 15.9. The highest BCUT2D eigenvalue weighted by molar-refractivity contribution is 9.10. The van der Waals surface area contributed by atoms with E-state index in [0.717, 1.165) is 40.9 Å². The van der Waals surface area contributed by atoms with E-state index < -0.39 is 0 Å². The molecule has 3 nitrogen and oxygen atoms in total. The van der Waals surface area contributed by atoms with Gasteiger partial charge >= 0.3 is 0 Å². The highest BCUT2D eigenvalue weighted by Gasteiger charge is 2.10. The average Bonchev–Trinajstić information content (AvgIpc) is 2.54. The van der Waals surface area contributed by atoms with Gasteiger partial charge in [-0.3, -0.25) is 0 Å². The number of methoxy groups -OCH3 is 2. The average molecular weight is 369 g/mol. The first-order valence-electron chi connectivity index (χ1n) is 7.10. The Kier molecular flexibility index (Phi) is 6.21. The maximum absolute atomic E-state index is 12.8. The zero-order valence-corrected chi connectivity index (χ0v) is 14.3. The van der Waals surface area contributed by atoms with Gasteiger partial charge in [0.05, 0.1) is 20.8 Å². The van der Waals surface area contributed by atoms with Crippen molar-refractivity contribution in [1.82, 2.24) is 0 Å². The molecule has 0 radical (unpaired) electrons. The SMILES string of the molecule is COc1cc(Br)c(C[NH2+]CCc2ccc(F)cc2)cc1OC. The molecule has 2 aromatic rings. The van der Waals surface area contributed by atoms with Gasteiger partial charge in [0.15, 0.2) is 11.5 Å². The van der Waals surface area contributed by atoms with Crippen LogP contribution >= 0.6 is 15.9 Å². The molecule has 0 amide bonds. The third-order valence-corrected chi connectivity index (χ3v) is 4.21. The van der Waals surface area contributed by atoms with Crippen molar-refractivity contribution in [2.45, 2.75) is 13.0 Å². The molecular formula is C17H20BrFNO2+. The number of ether oxygens (including phenoxy) is 2. The molecule has 2 aromatic carbocycles. The molecule has 0 heterocycles. The molecule has 2 N–H and O–H groups in total. The predicted molar refractivity (Wildman–Crippen MR) is 87.8 cm³/mol. The molecule has 2 rings (SSSR count). The lowest BCUT2D eigenvalue weighted by molar-refractivity contribution is -0.670. The van der Waals surface area contributed by atoms with Crippen LogP contribution in [-0.2, 0) is 13.0 Å². The summed E-state index contributed by atoms with van der Waals surface area (Å²) in [6, 6.07) is 10.6. The van der Waals surface area contributed by atoms with Gasteiger partial charge in [-0.05, 0) is 29.8 Å². The molecule has 0 unspecified atom stereocenters. The molecule has 0 spiro atoms. The van der Waals surface area contributed by atoms with Crippen LogP contribution in [0.2, 0.25) is 0 Å². The summed E-state index contributed by atoms with van der Waals surface area (Å²) in [6.07, 6.45) is 0.908. The minimum atomic E-state index is -0.193. The van der Waals surface area contributed by atoms with Gasteiger partial charge in [0, 0.05) is 16.5 Å². The molecule has 5 heteroatoms. The lowest BCUT2D eigenvalue weighted by Crippen LogP contribution is -2.83. The van der Waals surface area contributed by atoms with Crippen molar-refractivity contribution in [3.63, 3.8) is 0 Å². The first kappa shape index (κ1) is 16.8. The Bertz CT molecular complexity index is 617. The van der Waals surface area contributed by atoms with Crippen LogP contribution in [0.5, 0.6) is 11.5 Å². The van der Waals surface area contributed by atoms with Gasteiger partial charge < -0.3 is 14.8 Å². The molecule has 0 bridgehead atoms. The Balaban J connectivity index is 1.90. The van der Waals surface area contributed by atoms with Crippen LogP contribution in [-0.4, -0.2) is 20.8 Å². The maximum atomic E-state index is 12.8. The van der Waals surface area contributed by atoms with E-state index in [-0.39, 0.29) is 5.82 Å². The quantitative estimate of drug-likeness (QED) is 0.762. The largest absolute Gasteiger partial charge is 0.493 e. The fourth-order valence-corrected chi connectivity index (χ4v) is 2.71. The van der Waals surface area contributed by atoms with Crippen molar-refractivity contribution in [3.8, 4) is 11.5 Å². The van der Waals surface area contributed by atoms with Crippen molar-refractivity contribution in [1.29, 1.82) is 0 Å². The van der Waals surface area contributed by atoms with Crippen molar-refractivity contribution < 1.29 is 19.2 Å². The predicted octanol–water partition coefficient (Wildman–Crippen LogP) is 2.91. The summed E-state index contributed by atoms with van der Waals surface area (Å²) in [6.45, 7) is 1.77. The second kappa shape index (κ2) is 8.15. The van der Waals surface area contributed by atoms with Gasteiger partial charge in [-0.2, -0.15) is 0 Å². The molecule has 0 saturated heterocycles. The van der Waals surface area contributed by atoms with Crippen molar-refractivity contribution in [2.24, 2.45) is 0 Å². The summed E-state index contributed by atoms with van der Waals surface area (Å²) >= 11 is 3.56. The number of benzene rings is 2. The van der Waals surface area contributed by atoms with Crippen LogP contribution < -0.4 is 14.8 Å². The number of hydrogen-bond acceptors (Lipinski definition) is 2. The number of hydrogen-bond donors (Lipinski definition) is 1. The van der Waals surface area contributed by atoms with Crippen LogP contribution in [0.1, 0.15) is 11.1 Å². The Morgan fingerprint density at radius 2 is 1.68 bits per heavy atom. The Morgan fingerprint density at radius 3 is 2.32 bits per heavy atom. The van der Waals surface area contributed by atoms with Gasteiger partial charge in [-0.15, -0.1) is 0 Å². The number of rotatable bonds is 7. The van der Waals surface area contributed by atoms with Gasteiger partial charge in [0.2, 0.25) is 0 Å². The lowest BCUT2D eigenvalue weighted by atomic mass is 10.1. The molecule has 0 aliphatic rings. The van der Waals surface area contributed by atoms with E-state index in [0.29, 0.717) is 5.75 Å². The molecule has 118 valence electrons. The molecule has 0 aliphatic carbocycles. The number of nitrogens with two attached hydrogens (primary N) is 1. The summed E-state index contributed by atoms with van der Waals surface area (Å²) in [5.74, 6) is 1.25. The summed E-state index contributed by atoms with van der Waals surface area (Å²) in [5.41, 5.74) is 2.29. The van der Waals surface area contributed by atoms with E-state index in [1.165, 1.54) is 12.1 Å². The minimum Gasteiger partial charge on any atom is -0.493 e. The summed E-state index contributed by atoms with van der Waals surface area (Å²) in [4.78, 5) is 0. The standard InChI is InChI=1S/C17H19BrFNO2/c1-21-16-9-13(15(18)10-17(16)22-2)11-20-8-7-12-3-5-14(19)6-4-12/h3-6,9-10,20H,7-8,11H2,1-2H3/p+1. The maximum Gasteiger partial charge on any atom is 0.161 e. The molecule has 0 fully saturated rings. The molecule has 0 atom stereocenters. The van der Waals surface area contributed by atoms with E-state index in [1.807, 2.05) is 24.3 Å². The van der Waals surface area contributed by atoms with Crippen molar-refractivity contribution in [3.05, 3.63) is 57.8 Å². The second-order valence-electron chi connectivity index (χ2n) is 4.96. The van der Waals surface area contributed by atoms with E-state index in [9.17, 15) is 4.39 Å². The Morgan fingerprint density at radius 1 is 1.05 bits per heavy atom. The lowest BCUT2D eigenvalue weighted by Gasteiger charge is -2.11. The topological polar surface area (TPSA) is 35.1 Å². The molecule has 0 saturated carbocycles. The normalized spacial score (nSPS) is 10.5. The van der Waals surface area contributed by atoms with E-state index in [1.54, 1.807) is 14.2 Å². The zero-order valence-electron chi connectivity index (χ0n) is 12.7. The fourth-order valence-electron chi connectivity index (χ4n) is 2.23. The smallest absolute Gasteiger partial charge is 0.161 e. The van der Waals surface area contributed by atoms with Crippen LogP contribution in [0.3, 0.4) is 0 Å². The van der Waals surface area contributed by atoms with Crippen LogP contribution in [0.15, 0.2) is 40.9 Å². The van der Waals surface area contributed by atoms with Crippen molar-refractivity contribution >= 4 is 15.9 Å². The molecule has 0 aliphatic heterocycles. The van der Waals surface area contributed by atoms with Crippen LogP contribution in [0.25, 0.3) is 0 Å².